The maximum absolute atomic E-state index is 11.4. The second kappa shape index (κ2) is 16.9. The molecule has 0 aliphatic heterocycles. The van der Waals surface area contributed by atoms with Crippen molar-refractivity contribution in [3.05, 3.63) is 128 Å². The van der Waals surface area contributed by atoms with E-state index in [2.05, 4.69) is 20.5 Å². The maximum Gasteiger partial charge on any atom is 2.00 e. The fourth-order valence-electron chi connectivity index (χ4n) is 5.28. The second-order valence-electron chi connectivity index (χ2n) is 11.3. The predicted molar refractivity (Wildman–Crippen MR) is 197 cm³/mol. The summed E-state index contributed by atoms with van der Waals surface area (Å²) in [6, 6.07) is 21.4. The van der Waals surface area contributed by atoms with E-state index in [1.807, 2.05) is 0 Å². The van der Waals surface area contributed by atoms with Gasteiger partial charge in [0.15, 0.2) is 0 Å². The minimum Gasteiger partial charge on any atom is -0.744 e. The monoisotopic (exact) mass is 812 g/mol. The zero-order chi connectivity index (χ0) is 39.5. The topological polar surface area (TPSA) is 291 Å². The number of benzene rings is 6. The Morgan fingerprint density at radius 3 is 1.20 bits per heavy atom. The Hall–Kier alpha value is -5.48. The van der Waals surface area contributed by atoms with Crippen molar-refractivity contribution in [2.24, 2.45) is 20.5 Å². The van der Waals surface area contributed by atoms with Crippen molar-refractivity contribution in [3.8, 4) is 11.5 Å². The Bertz CT molecular complexity index is 2610. The third-order valence-corrected chi connectivity index (χ3v) is 9.56. The first-order valence-corrected chi connectivity index (χ1v) is 17.9. The molecule has 0 bridgehead atoms. The van der Waals surface area contributed by atoms with Crippen LogP contribution in [0.15, 0.2) is 127 Å². The molecule has 18 nitrogen and oxygen atoms in total. The number of azo groups is 2. The molecule has 276 valence electrons. The van der Waals surface area contributed by atoms with Crippen LogP contribution in [0.5, 0.6) is 11.5 Å². The van der Waals surface area contributed by atoms with E-state index >= 15 is 0 Å². The van der Waals surface area contributed by atoms with Gasteiger partial charge in [0.25, 0.3) is 11.4 Å². The van der Waals surface area contributed by atoms with Gasteiger partial charge in [-0.25, -0.2) is 16.8 Å². The minimum absolute atomic E-state index is 0. The van der Waals surface area contributed by atoms with Gasteiger partial charge in [-0.3, -0.25) is 20.2 Å². The number of aryl methyl sites for hydroxylation is 2. The molecule has 0 radical (unpaired) electrons. The van der Waals surface area contributed by atoms with Gasteiger partial charge in [-0.05, 0) is 74.5 Å². The number of rotatable bonds is 8. The molecule has 0 heterocycles. The molecule has 0 aliphatic rings. The number of hydrogen-bond donors (Lipinski definition) is 2. The first-order chi connectivity index (χ1) is 25.4. The molecule has 0 unspecified atom stereocenters. The van der Waals surface area contributed by atoms with Gasteiger partial charge in [-0.1, -0.05) is 24.3 Å². The summed E-state index contributed by atoms with van der Waals surface area (Å²) >= 11 is 0. The SMILES string of the molecule is Cc1cc(N=Nc2c(O)ccc3c(S(=O)(=O)[O-])cccc23)ccc1[N+](=O)[O-].Cc1cc(N=Nc2c(O)ccc3c(S(=O)(=O)[O-])cccc23)ccc1[N+](=O)[O-].[Ca+2]. The average molecular weight is 813 g/mol. The first-order valence-electron chi connectivity index (χ1n) is 15.1. The molecule has 2 N–H and O–H groups in total. The summed E-state index contributed by atoms with van der Waals surface area (Å²) in [7, 11) is -9.42. The zero-order valence-corrected chi connectivity index (χ0v) is 32.3. The number of aromatic hydroxyl groups is 2. The Morgan fingerprint density at radius 2 is 0.891 bits per heavy atom. The summed E-state index contributed by atoms with van der Waals surface area (Å²) in [5.41, 5.74) is 1.23. The van der Waals surface area contributed by atoms with Gasteiger partial charge in [0, 0.05) is 44.8 Å². The van der Waals surface area contributed by atoms with E-state index in [0.29, 0.717) is 22.5 Å². The average Bonchev–Trinajstić information content (AvgIpc) is 3.09. The fraction of sp³-hybridized carbons (Fsp3) is 0.0588. The summed E-state index contributed by atoms with van der Waals surface area (Å²) in [6.07, 6.45) is 0. The van der Waals surface area contributed by atoms with Gasteiger partial charge in [0.2, 0.25) is 0 Å². The normalized spacial score (nSPS) is 11.7. The molecule has 0 saturated carbocycles. The van der Waals surface area contributed by atoms with Crippen LogP contribution in [0.2, 0.25) is 0 Å². The molecule has 0 aliphatic carbocycles. The van der Waals surface area contributed by atoms with Crippen LogP contribution >= 0.6 is 0 Å². The number of nitro benzene ring substituents is 2. The van der Waals surface area contributed by atoms with Crippen molar-refractivity contribution < 1.29 is 46.0 Å². The van der Waals surface area contributed by atoms with Crippen molar-refractivity contribution in [2.45, 2.75) is 23.6 Å². The van der Waals surface area contributed by atoms with Crippen LogP contribution in [0.3, 0.4) is 0 Å². The second-order valence-corrected chi connectivity index (χ2v) is 14.0. The van der Waals surface area contributed by atoms with Crippen molar-refractivity contribution in [1.82, 2.24) is 0 Å². The third-order valence-electron chi connectivity index (χ3n) is 7.77. The molecule has 21 heteroatoms. The van der Waals surface area contributed by atoms with Crippen LogP contribution in [0.4, 0.5) is 34.1 Å². The maximum atomic E-state index is 11.4. The Labute approximate surface area is 341 Å². The van der Waals surface area contributed by atoms with Gasteiger partial charge in [-0.15, -0.1) is 10.2 Å². The summed E-state index contributed by atoms with van der Waals surface area (Å²) in [4.78, 5) is 19.8. The van der Waals surface area contributed by atoms with Gasteiger partial charge in [0.05, 0.1) is 31.0 Å². The molecule has 0 fully saturated rings. The van der Waals surface area contributed by atoms with Crippen LogP contribution in [-0.4, -0.2) is 83.7 Å². The largest absolute Gasteiger partial charge is 2.00 e. The van der Waals surface area contributed by atoms with E-state index in [1.165, 1.54) is 97.1 Å². The summed E-state index contributed by atoms with van der Waals surface area (Å²) in [5.74, 6) is -0.518. The van der Waals surface area contributed by atoms with Crippen LogP contribution in [-0.2, 0) is 20.2 Å². The van der Waals surface area contributed by atoms with Crippen LogP contribution in [0.1, 0.15) is 11.1 Å². The number of hydrogen-bond acceptors (Lipinski definition) is 16. The van der Waals surface area contributed by atoms with E-state index in [1.54, 1.807) is 13.8 Å². The van der Waals surface area contributed by atoms with Crippen LogP contribution in [0.25, 0.3) is 21.5 Å². The Morgan fingerprint density at radius 1 is 0.527 bits per heavy atom. The summed E-state index contributed by atoms with van der Waals surface area (Å²) in [6.45, 7) is 3.11. The molecule has 0 saturated heterocycles. The van der Waals surface area contributed by atoms with Crippen molar-refractivity contribution in [1.29, 1.82) is 0 Å². The van der Waals surface area contributed by atoms with Crippen molar-refractivity contribution in [2.75, 3.05) is 0 Å². The molecule has 0 spiro atoms. The van der Waals surface area contributed by atoms with Gasteiger partial charge in [0.1, 0.15) is 43.1 Å². The van der Waals surface area contributed by atoms with Crippen LogP contribution < -0.4 is 0 Å². The van der Waals surface area contributed by atoms with E-state index in [0.717, 1.165) is 0 Å². The Balaban J connectivity index is 0.000000240. The smallest absolute Gasteiger partial charge is 0.744 e. The molecule has 0 aromatic heterocycles. The molecule has 6 aromatic carbocycles. The zero-order valence-electron chi connectivity index (χ0n) is 28.4. The first kappa shape index (κ1) is 42.3. The van der Waals surface area contributed by atoms with Gasteiger partial charge >= 0.3 is 37.7 Å². The molecule has 0 atom stereocenters. The molecule has 6 aromatic rings. The van der Waals surface area contributed by atoms with Gasteiger partial charge < -0.3 is 19.3 Å². The van der Waals surface area contributed by atoms with E-state index in [4.69, 9.17) is 0 Å². The number of nitro groups is 2. The van der Waals surface area contributed by atoms with Crippen molar-refractivity contribution in [3.63, 3.8) is 0 Å². The van der Waals surface area contributed by atoms with Crippen LogP contribution in [0, 0.1) is 34.1 Å². The van der Waals surface area contributed by atoms with Crippen molar-refractivity contribution >= 4 is 114 Å². The van der Waals surface area contributed by atoms with E-state index < -0.39 is 39.9 Å². The fourth-order valence-corrected chi connectivity index (χ4v) is 6.66. The quantitative estimate of drug-likeness (QED) is 0.0489. The number of fused-ring (bicyclic) bond motifs is 2. The van der Waals surface area contributed by atoms with Gasteiger partial charge in [-0.2, -0.15) is 10.2 Å². The minimum atomic E-state index is -4.71. The predicted octanol–water partition coefficient (Wildman–Crippen LogP) is 7.78. The summed E-state index contributed by atoms with van der Waals surface area (Å²) in [5, 5.41) is 58.4. The summed E-state index contributed by atoms with van der Waals surface area (Å²) < 4.78 is 68.5. The molecule has 55 heavy (non-hydrogen) atoms. The number of phenolic OH excluding ortho intramolecular Hbond substituents is 2. The molecule has 6 rings (SSSR count). The molecule has 0 amide bonds. The standard InChI is InChI=1S/2C17H13N3O6S.Ca/c2*1-10-9-11(5-7-14(10)20(22)23)18-19-17-13-3-2-4-16(27(24,25)26)12(13)6-8-15(17)21;/h2*2-9,21H,1H3,(H,24,25,26);/q;;+2/p-2. The van der Waals surface area contributed by atoms with E-state index in [-0.39, 0.29) is 93.5 Å². The Kier molecular flexibility index (Phi) is 13.0. The van der Waals surface area contributed by atoms with E-state index in [9.17, 15) is 56.4 Å². The molecular formula is C34H24CaN6O12S2. The third kappa shape index (κ3) is 9.61. The number of nitrogens with zero attached hydrogens (tertiary/aromatic N) is 6. The number of phenols is 2. The molecular weight excluding hydrogens is 789 g/mol.